The van der Waals surface area contributed by atoms with Gasteiger partial charge in [0.2, 0.25) is 0 Å². The summed E-state index contributed by atoms with van der Waals surface area (Å²) in [5.74, 6) is 1.42. The Bertz CT molecular complexity index is 433. The Morgan fingerprint density at radius 2 is 2.05 bits per heavy atom. The number of unbranched alkanes of at least 4 members (excludes halogenated alkanes) is 2. The van der Waals surface area contributed by atoms with E-state index in [1.54, 1.807) is 0 Å². The summed E-state index contributed by atoms with van der Waals surface area (Å²) < 4.78 is 0. The molecule has 1 amide bonds. The van der Waals surface area contributed by atoms with Crippen molar-refractivity contribution in [3.05, 3.63) is 4.88 Å². The first-order valence-corrected chi connectivity index (χ1v) is 9.63. The van der Waals surface area contributed by atoms with Gasteiger partial charge >= 0.3 is 0 Å². The lowest BCUT2D eigenvalue weighted by Gasteiger charge is -2.16. The van der Waals surface area contributed by atoms with Crippen LogP contribution in [0.25, 0.3) is 0 Å². The predicted molar refractivity (Wildman–Crippen MR) is 94.7 cm³/mol. The van der Waals surface area contributed by atoms with Crippen LogP contribution in [0.1, 0.15) is 42.8 Å². The second-order valence-corrected chi connectivity index (χ2v) is 6.66. The number of nitrogen functional groups attached to an aromatic ring is 1. The third-order valence-corrected chi connectivity index (χ3v) is 5.02. The first-order valence-electron chi connectivity index (χ1n) is 7.42. The van der Waals surface area contributed by atoms with Crippen LogP contribution in [0.4, 0.5) is 10.9 Å². The van der Waals surface area contributed by atoms with E-state index in [2.05, 4.69) is 35.3 Å². The summed E-state index contributed by atoms with van der Waals surface area (Å²) >= 11 is 3.23. The van der Waals surface area contributed by atoms with Crippen molar-refractivity contribution in [1.82, 2.24) is 10.3 Å². The molecule has 0 aliphatic carbocycles. The van der Waals surface area contributed by atoms with Crippen LogP contribution in [0, 0.1) is 0 Å². The van der Waals surface area contributed by atoms with Crippen molar-refractivity contribution in [3.63, 3.8) is 0 Å². The Balaban J connectivity index is 2.47. The average molecular weight is 331 g/mol. The van der Waals surface area contributed by atoms with Crippen LogP contribution in [0.2, 0.25) is 0 Å². The first kappa shape index (κ1) is 18.1. The van der Waals surface area contributed by atoms with Gasteiger partial charge < -0.3 is 16.0 Å². The maximum absolute atomic E-state index is 12.1. The largest absolute Gasteiger partial charge is 0.382 e. The molecule has 0 aliphatic rings. The molecule has 0 bridgehead atoms. The van der Waals surface area contributed by atoms with Crippen molar-refractivity contribution in [2.75, 3.05) is 42.3 Å². The molecule has 0 aromatic carbocycles. The van der Waals surface area contributed by atoms with Crippen LogP contribution in [0.3, 0.4) is 0 Å². The zero-order chi connectivity index (χ0) is 15.7. The molecule has 1 aromatic rings. The van der Waals surface area contributed by atoms with Crippen LogP contribution in [0.15, 0.2) is 0 Å². The van der Waals surface area contributed by atoms with E-state index in [0.717, 1.165) is 31.1 Å². The average Bonchev–Trinajstić information content (AvgIpc) is 2.86. The van der Waals surface area contributed by atoms with Gasteiger partial charge in [0.25, 0.3) is 5.91 Å². The molecular formula is C14H26N4OS2. The Labute approximate surface area is 135 Å². The van der Waals surface area contributed by atoms with Gasteiger partial charge in [-0.3, -0.25) is 4.79 Å². The van der Waals surface area contributed by atoms with E-state index < -0.39 is 0 Å². The number of hydrogen-bond acceptors (Lipinski definition) is 6. The Hall–Kier alpha value is -0.950. The summed E-state index contributed by atoms with van der Waals surface area (Å²) in [5.41, 5.74) is 5.87. The number of nitrogens with zero attached hydrogens (tertiary/aromatic N) is 2. The Kier molecular flexibility index (Phi) is 8.52. The minimum atomic E-state index is -0.103. The number of hydrogen-bond donors (Lipinski definition) is 2. The topological polar surface area (TPSA) is 71.2 Å². The molecule has 0 unspecified atom stereocenters. The molecule has 0 fully saturated rings. The van der Waals surface area contributed by atoms with Crippen molar-refractivity contribution in [3.8, 4) is 0 Å². The Morgan fingerprint density at radius 1 is 1.33 bits per heavy atom. The SMILES string of the molecule is CCN(CC)c1nc(N)c(C(=O)NCCCCCSC)s1. The summed E-state index contributed by atoms with van der Waals surface area (Å²) in [7, 11) is 0. The monoisotopic (exact) mass is 330 g/mol. The van der Waals surface area contributed by atoms with Crippen molar-refractivity contribution in [2.45, 2.75) is 33.1 Å². The predicted octanol–water partition coefficient (Wildman–Crippen LogP) is 2.83. The lowest BCUT2D eigenvalue weighted by atomic mass is 10.2. The summed E-state index contributed by atoms with van der Waals surface area (Å²) in [4.78, 5) is 19.1. The molecule has 0 saturated carbocycles. The van der Waals surface area contributed by atoms with Gasteiger partial charge in [0.1, 0.15) is 10.7 Å². The molecular weight excluding hydrogens is 304 g/mol. The molecule has 0 spiro atoms. The molecule has 1 heterocycles. The van der Waals surface area contributed by atoms with Gasteiger partial charge in [0.05, 0.1) is 0 Å². The lowest BCUT2D eigenvalue weighted by Crippen LogP contribution is -2.24. The number of nitrogens with one attached hydrogen (secondary N) is 1. The zero-order valence-electron chi connectivity index (χ0n) is 13.1. The van der Waals surface area contributed by atoms with Gasteiger partial charge in [-0.05, 0) is 38.7 Å². The highest BCUT2D eigenvalue weighted by Crippen LogP contribution is 2.27. The molecule has 0 saturated heterocycles. The molecule has 5 nitrogen and oxygen atoms in total. The number of thiazole rings is 1. The lowest BCUT2D eigenvalue weighted by molar-refractivity contribution is 0.0957. The maximum Gasteiger partial charge on any atom is 0.265 e. The van der Waals surface area contributed by atoms with Gasteiger partial charge in [-0.2, -0.15) is 11.8 Å². The molecule has 1 rings (SSSR count). The van der Waals surface area contributed by atoms with E-state index >= 15 is 0 Å². The van der Waals surface area contributed by atoms with E-state index in [1.165, 1.54) is 23.5 Å². The highest BCUT2D eigenvalue weighted by Gasteiger charge is 2.18. The van der Waals surface area contributed by atoms with Crippen LogP contribution < -0.4 is 16.0 Å². The molecule has 0 radical (unpaired) electrons. The highest BCUT2D eigenvalue weighted by atomic mass is 32.2. The van der Waals surface area contributed by atoms with Gasteiger partial charge in [-0.1, -0.05) is 17.8 Å². The first-order chi connectivity index (χ1) is 10.1. The van der Waals surface area contributed by atoms with Crippen LogP contribution >= 0.6 is 23.1 Å². The van der Waals surface area contributed by atoms with E-state index in [0.29, 0.717) is 17.2 Å². The number of carbonyl (C=O) groups excluding carboxylic acids is 1. The molecule has 21 heavy (non-hydrogen) atoms. The highest BCUT2D eigenvalue weighted by molar-refractivity contribution is 7.98. The van der Waals surface area contributed by atoms with Crippen LogP contribution in [0.5, 0.6) is 0 Å². The van der Waals surface area contributed by atoms with Gasteiger partial charge in [-0.15, -0.1) is 0 Å². The second kappa shape index (κ2) is 9.89. The summed E-state index contributed by atoms with van der Waals surface area (Å²) in [6.07, 6.45) is 5.46. The Morgan fingerprint density at radius 3 is 2.67 bits per heavy atom. The zero-order valence-corrected chi connectivity index (χ0v) is 14.8. The normalized spacial score (nSPS) is 10.6. The fourth-order valence-electron chi connectivity index (χ4n) is 1.94. The van der Waals surface area contributed by atoms with Gasteiger partial charge in [0, 0.05) is 19.6 Å². The maximum atomic E-state index is 12.1. The van der Waals surface area contributed by atoms with Crippen molar-refractivity contribution in [1.29, 1.82) is 0 Å². The van der Waals surface area contributed by atoms with Gasteiger partial charge in [0.15, 0.2) is 5.13 Å². The minimum Gasteiger partial charge on any atom is -0.382 e. The molecule has 120 valence electrons. The van der Waals surface area contributed by atoms with E-state index in [-0.39, 0.29) is 5.91 Å². The smallest absolute Gasteiger partial charge is 0.265 e. The fourth-order valence-corrected chi connectivity index (χ4v) is 3.46. The van der Waals surface area contributed by atoms with Crippen LogP contribution in [-0.2, 0) is 0 Å². The third-order valence-electron chi connectivity index (χ3n) is 3.19. The number of rotatable bonds is 10. The summed E-state index contributed by atoms with van der Waals surface area (Å²) in [5, 5.41) is 3.75. The quantitative estimate of drug-likeness (QED) is 0.646. The number of aromatic nitrogens is 1. The fraction of sp³-hybridized carbons (Fsp3) is 0.714. The molecule has 3 N–H and O–H groups in total. The van der Waals surface area contributed by atoms with Crippen molar-refractivity contribution < 1.29 is 4.79 Å². The standard InChI is InChI=1S/C14H26N4OS2/c1-4-18(5-2)14-17-12(15)11(21-14)13(19)16-9-7-6-8-10-20-3/h4-10,15H2,1-3H3,(H,16,19). The number of nitrogens with two attached hydrogens (primary N) is 1. The number of carbonyl (C=O) groups is 1. The van der Waals surface area contributed by atoms with E-state index in [1.807, 2.05) is 11.8 Å². The minimum absolute atomic E-state index is 0.103. The van der Waals surface area contributed by atoms with Gasteiger partial charge in [-0.25, -0.2) is 4.98 Å². The number of thioether (sulfide) groups is 1. The number of amides is 1. The van der Waals surface area contributed by atoms with E-state index in [4.69, 9.17) is 5.73 Å². The summed E-state index contributed by atoms with van der Waals surface area (Å²) in [6.45, 7) is 6.55. The molecule has 0 atom stereocenters. The summed E-state index contributed by atoms with van der Waals surface area (Å²) in [6, 6.07) is 0. The number of anilines is 2. The third kappa shape index (κ3) is 5.74. The van der Waals surface area contributed by atoms with E-state index in [9.17, 15) is 4.79 Å². The van der Waals surface area contributed by atoms with Crippen molar-refractivity contribution in [2.24, 2.45) is 0 Å². The molecule has 7 heteroatoms. The molecule has 0 aliphatic heterocycles. The molecule has 1 aromatic heterocycles. The second-order valence-electron chi connectivity index (χ2n) is 4.69. The van der Waals surface area contributed by atoms with Crippen LogP contribution in [-0.4, -0.2) is 42.5 Å². The van der Waals surface area contributed by atoms with Crippen molar-refractivity contribution >= 4 is 40.0 Å².